The van der Waals surface area contributed by atoms with E-state index in [1.807, 2.05) is 12.1 Å². The molecular formula is C14H15BrClNO2. The monoisotopic (exact) mass is 343 g/mol. The fourth-order valence-electron chi connectivity index (χ4n) is 2.79. The molecule has 0 aromatic heterocycles. The summed E-state index contributed by atoms with van der Waals surface area (Å²) >= 11 is 10.2. The predicted molar refractivity (Wildman–Crippen MR) is 78.6 cm³/mol. The van der Waals surface area contributed by atoms with Crippen LogP contribution in [0.3, 0.4) is 0 Å². The minimum absolute atomic E-state index is 0.0444. The van der Waals surface area contributed by atoms with Crippen LogP contribution in [0.2, 0.25) is 0 Å². The van der Waals surface area contributed by atoms with Crippen molar-refractivity contribution in [2.24, 2.45) is 5.92 Å². The molecule has 0 bridgehead atoms. The van der Waals surface area contributed by atoms with E-state index in [9.17, 15) is 4.79 Å². The molecule has 3 atom stereocenters. The molecule has 1 amide bonds. The summed E-state index contributed by atoms with van der Waals surface area (Å²) in [5, 5.41) is 2.76. The lowest BCUT2D eigenvalue weighted by Gasteiger charge is -2.18. The summed E-state index contributed by atoms with van der Waals surface area (Å²) in [5.41, 5.74) is 2.97. The Labute approximate surface area is 125 Å². The van der Waals surface area contributed by atoms with Gasteiger partial charge in [0.1, 0.15) is 0 Å². The van der Waals surface area contributed by atoms with Crippen LogP contribution in [0.1, 0.15) is 29.8 Å². The molecule has 2 aliphatic rings. The van der Waals surface area contributed by atoms with Crippen LogP contribution in [0, 0.1) is 5.92 Å². The van der Waals surface area contributed by atoms with Crippen LogP contribution in [0.4, 0.5) is 5.69 Å². The first-order valence-electron chi connectivity index (χ1n) is 6.42. The summed E-state index contributed by atoms with van der Waals surface area (Å²) in [6, 6.07) is 3.99. The van der Waals surface area contributed by atoms with Crippen LogP contribution >= 0.6 is 27.5 Å². The van der Waals surface area contributed by atoms with E-state index in [0.717, 1.165) is 27.7 Å². The third kappa shape index (κ3) is 2.54. The number of rotatable bonds is 2. The quantitative estimate of drug-likeness (QED) is 0.832. The molecule has 2 heterocycles. The molecule has 0 radical (unpaired) electrons. The lowest BCUT2D eigenvalue weighted by atomic mass is 9.95. The topological polar surface area (TPSA) is 38.3 Å². The van der Waals surface area contributed by atoms with Gasteiger partial charge in [-0.05, 0) is 30.5 Å². The maximum Gasteiger partial charge on any atom is 0.228 e. The third-order valence-corrected chi connectivity index (χ3v) is 5.07. The number of carbonyl (C=O) groups excluding carboxylic acids is 1. The van der Waals surface area contributed by atoms with E-state index in [4.69, 9.17) is 16.3 Å². The van der Waals surface area contributed by atoms with Crippen molar-refractivity contribution in [1.29, 1.82) is 0 Å². The van der Waals surface area contributed by atoms with Gasteiger partial charge in [-0.1, -0.05) is 22.0 Å². The number of nitrogens with one attached hydrogen (secondary N) is 1. The van der Waals surface area contributed by atoms with Crippen LogP contribution in [-0.4, -0.2) is 18.6 Å². The molecule has 3 unspecified atom stereocenters. The van der Waals surface area contributed by atoms with E-state index in [1.54, 1.807) is 0 Å². The Morgan fingerprint density at radius 2 is 2.32 bits per heavy atom. The van der Waals surface area contributed by atoms with Gasteiger partial charge >= 0.3 is 0 Å². The van der Waals surface area contributed by atoms with Gasteiger partial charge in [-0.15, -0.1) is 11.6 Å². The van der Waals surface area contributed by atoms with Crippen LogP contribution in [-0.2, 0) is 16.0 Å². The molecule has 1 aromatic carbocycles. The molecule has 0 aliphatic carbocycles. The largest absolute Gasteiger partial charge is 0.378 e. The number of hydrogen-bond acceptors (Lipinski definition) is 2. The number of hydrogen-bond donors (Lipinski definition) is 1. The smallest absolute Gasteiger partial charge is 0.228 e. The van der Waals surface area contributed by atoms with E-state index in [2.05, 4.69) is 28.2 Å². The second-order valence-electron chi connectivity index (χ2n) is 5.30. The average Bonchev–Trinajstić information content (AvgIpc) is 2.92. The van der Waals surface area contributed by atoms with Crippen molar-refractivity contribution >= 4 is 39.1 Å². The molecule has 2 aliphatic heterocycles. The third-order valence-electron chi connectivity index (χ3n) is 3.79. The molecule has 0 spiro atoms. The highest BCUT2D eigenvalue weighted by molar-refractivity contribution is 9.10. The molecule has 1 saturated heterocycles. The van der Waals surface area contributed by atoms with Crippen molar-refractivity contribution in [1.82, 2.24) is 0 Å². The van der Waals surface area contributed by atoms with Crippen LogP contribution in [0.25, 0.3) is 0 Å². The summed E-state index contributed by atoms with van der Waals surface area (Å²) in [6.07, 6.45) is 1.70. The van der Waals surface area contributed by atoms with Crippen molar-refractivity contribution < 1.29 is 9.53 Å². The molecule has 3 rings (SSSR count). The molecule has 3 nitrogen and oxygen atoms in total. The maximum atomic E-state index is 11.4. The number of carbonyl (C=O) groups is 1. The molecule has 1 aromatic rings. The second kappa shape index (κ2) is 5.08. The van der Waals surface area contributed by atoms with E-state index >= 15 is 0 Å². The molecular weight excluding hydrogens is 330 g/mol. The molecule has 5 heteroatoms. The first-order valence-corrected chi connectivity index (χ1v) is 7.65. The Morgan fingerprint density at radius 3 is 3.00 bits per heavy atom. The van der Waals surface area contributed by atoms with Gasteiger partial charge in [0.15, 0.2) is 0 Å². The Balaban J connectivity index is 1.89. The van der Waals surface area contributed by atoms with Gasteiger partial charge in [0.2, 0.25) is 5.91 Å². The van der Waals surface area contributed by atoms with Crippen molar-refractivity contribution in [3.05, 3.63) is 27.7 Å². The van der Waals surface area contributed by atoms with E-state index < -0.39 is 0 Å². The first-order chi connectivity index (χ1) is 9.04. The highest BCUT2D eigenvalue weighted by atomic mass is 79.9. The van der Waals surface area contributed by atoms with Crippen molar-refractivity contribution in [2.75, 3.05) is 11.9 Å². The van der Waals surface area contributed by atoms with Crippen molar-refractivity contribution in [2.45, 2.75) is 31.2 Å². The zero-order valence-corrected chi connectivity index (χ0v) is 12.9. The van der Waals surface area contributed by atoms with Crippen LogP contribution < -0.4 is 5.32 Å². The molecule has 1 fully saturated rings. The number of alkyl halides is 1. The predicted octanol–water partition coefficient (Wildman–Crippen LogP) is 3.65. The molecule has 1 N–H and O–H groups in total. The summed E-state index contributed by atoms with van der Waals surface area (Å²) in [4.78, 5) is 11.4. The molecule has 102 valence electrons. The van der Waals surface area contributed by atoms with Gasteiger partial charge in [-0.25, -0.2) is 0 Å². The summed E-state index contributed by atoms with van der Waals surface area (Å²) in [7, 11) is 0. The summed E-state index contributed by atoms with van der Waals surface area (Å²) in [5.74, 6) is 0.374. The van der Waals surface area contributed by atoms with Gasteiger partial charge < -0.3 is 10.1 Å². The zero-order valence-electron chi connectivity index (χ0n) is 10.6. The van der Waals surface area contributed by atoms with E-state index in [-0.39, 0.29) is 17.4 Å². The SMILES string of the molecule is CC1CC(C(Cl)c2cc3c(cc2Br)NC(=O)C3)CO1. The fraction of sp³-hybridized carbons (Fsp3) is 0.500. The Kier molecular flexibility index (Phi) is 3.58. The first kappa shape index (κ1) is 13.4. The highest BCUT2D eigenvalue weighted by Gasteiger charge is 2.31. The minimum atomic E-state index is -0.0830. The highest BCUT2D eigenvalue weighted by Crippen LogP contribution is 2.42. The van der Waals surface area contributed by atoms with E-state index in [0.29, 0.717) is 18.9 Å². The Hall–Kier alpha value is -0.580. The fourth-order valence-corrected chi connectivity index (χ4v) is 3.86. The number of anilines is 1. The Bertz CT molecular complexity index is 534. The maximum absolute atomic E-state index is 11.4. The number of benzene rings is 1. The lowest BCUT2D eigenvalue weighted by molar-refractivity contribution is -0.115. The minimum Gasteiger partial charge on any atom is -0.378 e. The molecule has 19 heavy (non-hydrogen) atoms. The summed E-state index contributed by atoms with van der Waals surface area (Å²) in [6.45, 7) is 2.78. The number of halogens is 2. The van der Waals surface area contributed by atoms with Gasteiger partial charge in [0, 0.05) is 16.1 Å². The zero-order chi connectivity index (χ0) is 13.6. The standard InChI is InChI=1S/C14H15BrClNO2/c1-7-2-9(6-19-7)14(16)10-3-8-4-13(18)17-12(8)5-11(10)15/h3,5,7,9,14H,2,4,6H2,1H3,(H,17,18). The number of ether oxygens (including phenoxy) is 1. The lowest BCUT2D eigenvalue weighted by Crippen LogP contribution is -2.09. The normalized spacial score (nSPS) is 27.2. The van der Waals surface area contributed by atoms with Gasteiger partial charge in [0.05, 0.1) is 24.5 Å². The number of fused-ring (bicyclic) bond motifs is 1. The Morgan fingerprint density at radius 1 is 1.53 bits per heavy atom. The van der Waals surface area contributed by atoms with Crippen molar-refractivity contribution in [3.8, 4) is 0 Å². The second-order valence-corrected chi connectivity index (χ2v) is 6.62. The van der Waals surface area contributed by atoms with E-state index in [1.165, 1.54) is 0 Å². The van der Waals surface area contributed by atoms with Crippen molar-refractivity contribution in [3.63, 3.8) is 0 Å². The van der Waals surface area contributed by atoms with Gasteiger partial charge in [-0.3, -0.25) is 4.79 Å². The van der Waals surface area contributed by atoms with Crippen LogP contribution in [0.15, 0.2) is 16.6 Å². The van der Waals surface area contributed by atoms with Gasteiger partial charge in [-0.2, -0.15) is 0 Å². The average molecular weight is 345 g/mol. The summed E-state index contributed by atoms with van der Waals surface area (Å²) < 4.78 is 6.54. The van der Waals surface area contributed by atoms with Crippen LogP contribution in [0.5, 0.6) is 0 Å². The molecule has 0 saturated carbocycles. The number of amides is 1. The van der Waals surface area contributed by atoms with Gasteiger partial charge in [0.25, 0.3) is 0 Å².